The van der Waals surface area contributed by atoms with Crippen LogP contribution in [-0.2, 0) is 6.54 Å². The molecule has 0 saturated carbocycles. The topological polar surface area (TPSA) is 47.9 Å². The number of benzene rings is 1. The Hall–Kier alpha value is -1.57. The van der Waals surface area contributed by atoms with Gasteiger partial charge in [0.2, 0.25) is 0 Å². The molecule has 0 bridgehead atoms. The number of likely N-dealkylation sites (tertiary alicyclic amines) is 1. The van der Waals surface area contributed by atoms with E-state index in [1.807, 2.05) is 42.3 Å². The van der Waals surface area contributed by atoms with Crippen LogP contribution in [0, 0.1) is 0 Å². The van der Waals surface area contributed by atoms with Crippen molar-refractivity contribution in [2.45, 2.75) is 38.6 Å². The summed E-state index contributed by atoms with van der Waals surface area (Å²) < 4.78 is 0. The van der Waals surface area contributed by atoms with Gasteiger partial charge in [0.1, 0.15) is 0 Å². The summed E-state index contributed by atoms with van der Waals surface area (Å²) in [7, 11) is 3.84. The quantitative estimate of drug-likeness (QED) is 0.210. The minimum atomic E-state index is 0. The fourth-order valence-corrected chi connectivity index (χ4v) is 3.19. The summed E-state index contributed by atoms with van der Waals surface area (Å²) in [5, 5.41) is 3.38. The van der Waals surface area contributed by atoms with E-state index in [9.17, 15) is 4.79 Å². The van der Waals surface area contributed by atoms with Crippen LogP contribution in [0.1, 0.15) is 48.0 Å². The first-order chi connectivity index (χ1) is 12.7. The summed E-state index contributed by atoms with van der Waals surface area (Å²) in [6, 6.07) is 7.92. The van der Waals surface area contributed by atoms with Crippen LogP contribution in [0.15, 0.2) is 41.9 Å². The van der Waals surface area contributed by atoms with E-state index >= 15 is 0 Å². The average Bonchev–Trinajstić information content (AvgIpc) is 2.69. The molecule has 1 aliphatic heterocycles. The molecule has 5 nitrogen and oxygen atoms in total. The van der Waals surface area contributed by atoms with Gasteiger partial charge in [0.15, 0.2) is 5.96 Å². The zero-order valence-electron chi connectivity index (χ0n) is 16.6. The van der Waals surface area contributed by atoms with E-state index < -0.39 is 0 Å². The Bertz CT molecular complexity index is 609. The van der Waals surface area contributed by atoms with Crippen LogP contribution in [0.2, 0.25) is 0 Å². The number of hydrogen-bond donors (Lipinski definition) is 1. The number of allylic oxidation sites excluding steroid dienone is 1. The Kier molecular flexibility index (Phi) is 11.1. The number of nitrogens with one attached hydrogen (secondary N) is 1. The fraction of sp³-hybridized carbons (Fsp3) is 0.524. The summed E-state index contributed by atoms with van der Waals surface area (Å²) >= 11 is 0. The van der Waals surface area contributed by atoms with Crippen LogP contribution in [-0.4, -0.2) is 55.4 Å². The molecule has 0 aliphatic carbocycles. The smallest absolute Gasteiger partial charge is 0.253 e. The summed E-state index contributed by atoms with van der Waals surface area (Å²) in [4.78, 5) is 20.9. The Labute approximate surface area is 180 Å². The first kappa shape index (κ1) is 23.5. The molecule has 0 atom stereocenters. The van der Waals surface area contributed by atoms with E-state index in [1.165, 1.54) is 6.42 Å². The Morgan fingerprint density at radius 3 is 2.52 bits per heavy atom. The van der Waals surface area contributed by atoms with Gasteiger partial charge in [0.05, 0.1) is 0 Å². The molecule has 0 radical (unpaired) electrons. The summed E-state index contributed by atoms with van der Waals surface area (Å²) in [6.07, 6.45) is 7.48. The second kappa shape index (κ2) is 12.8. The maximum absolute atomic E-state index is 12.5. The van der Waals surface area contributed by atoms with Crippen LogP contribution < -0.4 is 5.32 Å². The molecular weight excluding hydrogens is 451 g/mol. The maximum atomic E-state index is 12.5. The SMILES string of the molecule is C=CCCCN(C)C(=NC)NCc1ccc(C(=O)N2CCCCC2)cc1.I. The number of amides is 1. The van der Waals surface area contributed by atoms with Gasteiger partial charge in [0, 0.05) is 45.8 Å². The molecule has 1 aliphatic rings. The molecule has 1 N–H and O–H groups in total. The molecule has 150 valence electrons. The molecule has 1 amide bonds. The molecule has 27 heavy (non-hydrogen) atoms. The van der Waals surface area contributed by atoms with Crippen molar-refractivity contribution in [1.82, 2.24) is 15.1 Å². The number of piperidine rings is 1. The number of aliphatic imine (C=N–C) groups is 1. The second-order valence-electron chi connectivity index (χ2n) is 6.80. The fourth-order valence-electron chi connectivity index (χ4n) is 3.19. The Balaban J connectivity index is 0.00000364. The third kappa shape index (κ3) is 7.52. The number of rotatable bonds is 7. The predicted octanol–water partition coefficient (Wildman–Crippen LogP) is 3.90. The minimum absolute atomic E-state index is 0. The highest BCUT2D eigenvalue weighted by Crippen LogP contribution is 2.14. The highest BCUT2D eigenvalue weighted by molar-refractivity contribution is 14.0. The number of hydrogen-bond acceptors (Lipinski definition) is 2. The molecule has 1 aromatic carbocycles. The van der Waals surface area contributed by atoms with Gasteiger partial charge in [-0.15, -0.1) is 30.6 Å². The van der Waals surface area contributed by atoms with Gasteiger partial charge in [-0.1, -0.05) is 18.2 Å². The van der Waals surface area contributed by atoms with E-state index in [1.54, 1.807) is 7.05 Å². The van der Waals surface area contributed by atoms with Crippen LogP contribution in [0.5, 0.6) is 0 Å². The lowest BCUT2D eigenvalue weighted by molar-refractivity contribution is 0.0724. The second-order valence-corrected chi connectivity index (χ2v) is 6.80. The average molecular weight is 484 g/mol. The van der Waals surface area contributed by atoms with Crippen LogP contribution in [0.4, 0.5) is 0 Å². The van der Waals surface area contributed by atoms with Crippen molar-refractivity contribution in [2.75, 3.05) is 33.7 Å². The third-order valence-corrected chi connectivity index (χ3v) is 4.77. The van der Waals surface area contributed by atoms with Gasteiger partial charge >= 0.3 is 0 Å². The van der Waals surface area contributed by atoms with Crippen molar-refractivity contribution in [3.05, 3.63) is 48.0 Å². The molecule has 0 spiro atoms. The Morgan fingerprint density at radius 1 is 1.26 bits per heavy atom. The molecule has 1 aromatic rings. The van der Waals surface area contributed by atoms with E-state index in [-0.39, 0.29) is 29.9 Å². The van der Waals surface area contributed by atoms with Crippen molar-refractivity contribution >= 4 is 35.8 Å². The van der Waals surface area contributed by atoms with Crippen molar-refractivity contribution in [3.63, 3.8) is 0 Å². The number of halogens is 1. The molecule has 0 aromatic heterocycles. The van der Waals surface area contributed by atoms with Crippen LogP contribution >= 0.6 is 24.0 Å². The lowest BCUT2D eigenvalue weighted by Gasteiger charge is -2.26. The van der Waals surface area contributed by atoms with E-state index in [2.05, 4.69) is 21.8 Å². The zero-order valence-corrected chi connectivity index (χ0v) is 18.9. The van der Waals surface area contributed by atoms with Gasteiger partial charge in [0.25, 0.3) is 5.91 Å². The maximum Gasteiger partial charge on any atom is 0.253 e. The highest BCUT2D eigenvalue weighted by Gasteiger charge is 2.17. The highest BCUT2D eigenvalue weighted by atomic mass is 127. The van der Waals surface area contributed by atoms with Crippen molar-refractivity contribution in [1.29, 1.82) is 0 Å². The monoisotopic (exact) mass is 484 g/mol. The van der Waals surface area contributed by atoms with E-state index in [4.69, 9.17) is 0 Å². The number of nitrogens with zero attached hydrogens (tertiary/aromatic N) is 3. The summed E-state index contributed by atoms with van der Waals surface area (Å²) in [5.74, 6) is 1.03. The van der Waals surface area contributed by atoms with Gasteiger partial charge < -0.3 is 15.1 Å². The third-order valence-electron chi connectivity index (χ3n) is 4.77. The minimum Gasteiger partial charge on any atom is -0.352 e. The number of guanidine groups is 1. The molecular formula is C21H33IN4O. The number of unbranched alkanes of at least 4 members (excludes halogenated alkanes) is 1. The largest absolute Gasteiger partial charge is 0.352 e. The van der Waals surface area contributed by atoms with E-state index in [0.717, 1.165) is 62.4 Å². The number of carbonyl (C=O) groups is 1. The molecule has 1 heterocycles. The van der Waals surface area contributed by atoms with Crippen molar-refractivity contribution < 1.29 is 4.79 Å². The molecule has 1 fully saturated rings. The van der Waals surface area contributed by atoms with Crippen LogP contribution in [0.3, 0.4) is 0 Å². The van der Waals surface area contributed by atoms with Crippen molar-refractivity contribution in [2.24, 2.45) is 4.99 Å². The zero-order chi connectivity index (χ0) is 18.8. The normalized spacial score (nSPS) is 14.3. The Morgan fingerprint density at radius 2 is 1.93 bits per heavy atom. The van der Waals surface area contributed by atoms with Crippen molar-refractivity contribution in [3.8, 4) is 0 Å². The van der Waals surface area contributed by atoms with Gasteiger partial charge in [-0.3, -0.25) is 9.79 Å². The van der Waals surface area contributed by atoms with Gasteiger partial charge in [-0.05, 0) is 49.8 Å². The summed E-state index contributed by atoms with van der Waals surface area (Å²) in [6.45, 7) is 7.16. The molecule has 1 saturated heterocycles. The number of carbonyl (C=O) groups excluding carboxylic acids is 1. The standard InChI is InChI=1S/C21H32N4O.HI/c1-4-5-7-14-24(3)21(22-2)23-17-18-10-12-19(13-11-18)20(26)25-15-8-6-9-16-25;/h4,10-13H,1,5-9,14-17H2,2-3H3,(H,22,23);1H. The lowest BCUT2D eigenvalue weighted by Crippen LogP contribution is -2.39. The lowest BCUT2D eigenvalue weighted by atomic mass is 10.1. The van der Waals surface area contributed by atoms with E-state index in [0.29, 0.717) is 6.54 Å². The predicted molar refractivity (Wildman–Crippen MR) is 124 cm³/mol. The molecule has 0 unspecified atom stereocenters. The van der Waals surface area contributed by atoms with Gasteiger partial charge in [-0.2, -0.15) is 0 Å². The van der Waals surface area contributed by atoms with Crippen LogP contribution in [0.25, 0.3) is 0 Å². The molecule has 6 heteroatoms. The first-order valence-electron chi connectivity index (χ1n) is 9.56. The molecule has 2 rings (SSSR count). The first-order valence-corrected chi connectivity index (χ1v) is 9.56. The van der Waals surface area contributed by atoms with Gasteiger partial charge in [-0.25, -0.2) is 0 Å². The summed E-state index contributed by atoms with van der Waals surface area (Å²) in [5.41, 5.74) is 1.92.